The lowest BCUT2D eigenvalue weighted by Gasteiger charge is -2.20. The largest absolute Gasteiger partial charge is 0.0496 e. The second kappa shape index (κ2) is 0.586. The van der Waals surface area contributed by atoms with Crippen LogP contribution >= 0.6 is 0 Å². The summed E-state index contributed by atoms with van der Waals surface area (Å²) in [7, 11) is 0. The van der Waals surface area contributed by atoms with Gasteiger partial charge in [0.1, 0.15) is 0 Å². The summed E-state index contributed by atoms with van der Waals surface area (Å²) in [5.41, 5.74) is 1.00. The van der Waals surface area contributed by atoms with E-state index in [0.29, 0.717) is 0 Å². The molecule has 0 aromatic heterocycles. The topological polar surface area (TPSA) is 0 Å². The van der Waals surface area contributed by atoms with Crippen LogP contribution in [-0.2, 0) is 0 Å². The van der Waals surface area contributed by atoms with Crippen LogP contribution in [0.2, 0.25) is 0 Å². The van der Waals surface area contributed by atoms with Gasteiger partial charge in [-0.15, -0.1) is 0 Å². The molecule has 0 heteroatoms. The Labute approximate surface area is 43.9 Å². The second-order valence-corrected chi connectivity index (χ2v) is 3.68. The predicted molar refractivity (Wildman–Crippen MR) is 27.9 cm³/mol. The Hall–Kier alpha value is 0. The molecule has 0 N–H and O–H groups in total. The fraction of sp³-hybridized carbons (Fsp3) is 1.00. The summed E-state index contributed by atoms with van der Waals surface area (Å²) < 4.78 is 0. The van der Waals surface area contributed by atoms with Gasteiger partial charge in [0.15, 0.2) is 0 Å². The molecule has 4 saturated carbocycles. The van der Waals surface area contributed by atoms with Crippen molar-refractivity contribution in [2.24, 2.45) is 17.3 Å². The lowest BCUT2D eigenvalue weighted by molar-refractivity contribution is 0.288. The minimum Gasteiger partial charge on any atom is -0.0496 e. The molecule has 0 nitrogen and oxygen atoms in total. The van der Waals surface area contributed by atoms with E-state index in [9.17, 15) is 0 Å². The third-order valence-electron chi connectivity index (χ3n) is 3.50. The van der Waals surface area contributed by atoms with Crippen LogP contribution in [0.3, 0.4) is 0 Å². The molecule has 0 unspecified atom stereocenters. The minimum atomic E-state index is 1.00. The van der Waals surface area contributed by atoms with Crippen molar-refractivity contribution in [3.63, 3.8) is 0 Å². The smallest absolute Gasteiger partial charge is 0.0261 e. The third-order valence-corrected chi connectivity index (χ3v) is 3.50. The molecular formula is C7H10. The van der Waals surface area contributed by atoms with Crippen LogP contribution < -0.4 is 0 Å². The molecule has 4 aliphatic rings. The Kier molecular flexibility index (Phi) is 0.260. The van der Waals surface area contributed by atoms with E-state index in [0.717, 1.165) is 5.41 Å². The van der Waals surface area contributed by atoms with Gasteiger partial charge in [-0.3, -0.25) is 0 Å². The fourth-order valence-electron chi connectivity index (χ4n) is 2.95. The van der Waals surface area contributed by atoms with Crippen molar-refractivity contribution in [2.75, 3.05) is 0 Å². The molecular weight excluding hydrogens is 84.1 g/mol. The van der Waals surface area contributed by atoms with Crippen LogP contribution in [0.4, 0.5) is 0 Å². The van der Waals surface area contributed by atoms with Gasteiger partial charge >= 0.3 is 0 Å². The van der Waals surface area contributed by atoms with Crippen molar-refractivity contribution in [3.05, 3.63) is 0 Å². The van der Waals surface area contributed by atoms with Gasteiger partial charge in [0.25, 0.3) is 0 Å². The molecule has 0 aromatic rings. The van der Waals surface area contributed by atoms with E-state index in [2.05, 4.69) is 0 Å². The van der Waals surface area contributed by atoms with Gasteiger partial charge < -0.3 is 0 Å². The SMILES string of the molecule is C1C[C@@]23C[C@H]1[C@@H]2C3. The van der Waals surface area contributed by atoms with Crippen molar-refractivity contribution in [1.82, 2.24) is 0 Å². The van der Waals surface area contributed by atoms with Crippen molar-refractivity contribution < 1.29 is 0 Å². The number of fused-ring (bicyclic) bond motifs is 1. The van der Waals surface area contributed by atoms with Gasteiger partial charge in [-0.2, -0.15) is 0 Å². The molecule has 38 valence electrons. The van der Waals surface area contributed by atoms with Crippen LogP contribution in [0.15, 0.2) is 0 Å². The van der Waals surface area contributed by atoms with Gasteiger partial charge in [0, 0.05) is 0 Å². The van der Waals surface area contributed by atoms with Crippen LogP contribution in [-0.4, -0.2) is 0 Å². The highest BCUT2D eigenvalue weighted by Crippen LogP contribution is 2.79. The Balaban J connectivity index is 2.16. The van der Waals surface area contributed by atoms with E-state index in [1.807, 2.05) is 0 Å². The predicted octanol–water partition coefficient (Wildman–Crippen LogP) is 1.81. The summed E-state index contributed by atoms with van der Waals surface area (Å²) in [6, 6.07) is 0. The fourth-order valence-corrected chi connectivity index (χ4v) is 2.95. The van der Waals surface area contributed by atoms with E-state index in [4.69, 9.17) is 0 Å². The molecule has 0 amide bonds. The van der Waals surface area contributed by atoms with Crippen LogP contribution in [0.1, 0.15) is 25.7 Å². The Morgan fingerprint density at radius 3 is 2.43 bits per heavy atom. The third kappa shape index (κ3) is 0.167. The quantitative estimate of drug-likeness (QED) is 0.429. The van der Waals surface area contributed by atoms with Crippen molar-refractivity contribution in [3.8, 4) is 0 Å². The van der Waals surface area contributed by atoms with Crippen LogP contribution in [0.25, 0.3) is 0 Å². The maximum Gasteiger partial charge on any atom is -0.0261 e. The van der Waals surface area contributed by atoms with E-state index in [-0.39, 0.29) is 0 Å². The molecule has 0 saturated heterocycles. The molecule has 0 aromatic carbocycles. The number of hydrogen-bond donors (Lipinski definition) is 0. The zero-order valence-corrected chi connectivity index (χ0v) is 4.48. The molecule has 4 fully saturated rings. The highest BCUT2D eigenvalue weighted by atomic mass is 14.7. The molecule has 0 radical (unpaired) electrons. The Morgan fingerprint density at radius 1 is 1.29 bits per heavy atom. The summed E-state index contributed by atoms with van der Waals surface area (Å²) in [4.78, 5) is 0. The van der Waals surface area contributed by atoms with Crippen molar-refractivity contribution >= 4 is 0 Å². The van der Waals surface area contributed by atoms with Gasteiger partial charge in [-0.05, 0) is 42.9 Å². The molecule has 0 aliphatic heterocycles. The normalized spacial score (nSPS) is 72.0. The lowest BCUT2D eigenvalue weighted by Crippen LogP contribution is -2.13. The first-order valence-corrected chi connectivity index (χ1v) is 3.41. The number of hydrogen-bond acceptors (Lipinski definition) is 0. The second-order valence-electron chi connectivity index (χ2n) is 3.68. The average molecular weight is 94.2 g/mol. The van der Waals surface area contributed by atoms with E-state index in [1.54, 1.807) is 25.7 Å². The summed E-state index contributed by atoms with van der Waals surface area (Å²) in [6.45, 7) is 0. The van der Waals surface area contributed by atoms with E-state index in [1.165, 1.54) is 11.8 Å². The molecule has 4 rings (SSSR count). The highest BCUT2D eigenvalue weighted by molar-refractivity contribution is 5.20. The lowest BCUT2D eigenvalue weighted by atomic mass is 9.85. The zero-order chi connectivity index (χ0) is 4.48. The average Bonchev–Trinajstić information content (AvgIpc) is 2.04. The summed E-state index contributed by atoms with van der Waals surface area (Å²) in [5.74, 6) is 2.48. The van der Waals surface area contributed by atoms with Gasteiger partial charge in [0.2, 0.25) is 0 Å². The number of rotatable bonds is 0. The first-order valence-electron chi connectivity index (χ1n) is 3.41. The molecule has 4 aliphatic carbocycles. The molecule has 3 atom stereocenters. The first kappa shape index (κ1) is 3.11. The van der Waals surface area contributed by atoms with Gasteiger partial charge in [-0.1, -0.05) is 0 Å². The van der Waals surface area contributed by atoms with Gasteiger partial charge in [0.05, 0.1) is 0 Å². The van der Waals surface area contributed by atoms with Crippen molar-refractivity contribution in [1.29, 1.82) is 0 Å². The summed E-state index contributed by atoms with van der Waals surface area (Å²) >= 11 is 0. The van der Waals surface area contributed by atoms with Crippen molar-refractivity contribution in [2.45, 2.75) is 25.7 Å². The standard InChI is InChI=1S/C7H10/c1-2-7-3-5(1)6(7)4-7/h5-6H,1-4H2/t5-,6-,7-/m0/s1. The Bertz CT molecular complexity index is 122. The van der Waals surface area contributed by atoms with E-state index >= 15 is 0 Å². The van der Waals surface area contributed by atoms with E-state index < -0.39 is 0 Å². The maximum atomic E-state index is 1.62. The maximum absolute atomic E-state index is 1.62. The minimum absolute atomic E-state index is 1.00. The van der Waals surface area contributed by atoms with Gasteiger partial charge in [-0.25, -0.2) is 0 Å². The monoisotopic (exact) mass is 94.1 g/mol. The summed E-state index contributed by atoms with van der Waals surface area (Å²) in [5, 5.41) is 0. The molecule has 2 bridgehead atoms. The first-order chi connectivity index (χ1) is 3.41. The Morgan fingerprint density at radius 2 is 2.29 bits per heavy atom. The molecule has 7 heavy (non-hydrogen) atoms. The molecule has 0 heterocycles. The van der Waals surface area contributed by atoms with Crippen LogP contribution in [0.5, 0.6) is 0 Å². The zero-order valence-electron chi connectivity index (χ0n) is 4.48. The summed E-state index contributed by atoms with van der Waals surface area (Å²) in [6.07, 6.45) is 6.43. The highest BCUT2D eigenvalue weighted by Gasteiger charge is 2.70. The molecule has 1 spiro atoms. The van der Waals surface area contributed by atoms with Crippen LogP contribution in [0, 0.1) is 17.3 Å².